The van der Waals surface area contributed by atoms with Gasteiger partial charge in [0.1, 0.15) is 0 Å². The van der Waals surface area contributed by atoms with Crippen LogP contribution in [0, 0.1) is 11.8 Å². The number of nitrogens with one attached hydrogen (secondary N) is 1. The van der Waals surface area contributed by atoms with Crippen molar-refractivity contribution in [2.45, 2.75) is 39.0 Å². The van der Waals surface area contributed by atoms with E-state index in [4.69, 9.17) is 10.8 Å². The fourth-order valence-electron chi connectivity index (χ4n) is 3.08. The van der Waals surface area contributed by atoms with Crippen molar-refractivity contribution in [3.63, 3.8) is 0 Å². The maximum atomic E-state index is 11.0. The van der Waals surface area contributed by atoms with Gasteiger partial charge in [-0.25, -0.2) is 4.79 Å². The molecule has 0 aliphatic heterocycles. The Morgan fingerprint density at radius 2 is 2.25 bits per heavy atom. The van der Waals surface area contributed by atoms with E-state index in [0.29, 0.717) is 5.69 Å². The molecule has 20 heavy (non-hydrogen) atoms. The normalized spacial score (nSPS) is 22.4. The first-order chi connectivity index (χ1) is 9.56. The second-order valence-corrected chi connectivity index (χ2v) is 5.96. The summed E-state index contributed by atoms with van der Waals surface area (Å²) in [6, 6.07) is 4.79. The molecule has 0 heterocycles. The van der Waals surface area contributed by atoms with Gasteiger partial charge in [-0.05, 0) is 42.9 Å². The van der Waals surface area contributed by atoms with Gasteiger partial charge in [-0.15, -0.1) is 0 Å². The fraction of sp³-hybridized carbons (Fsp3) is 0.562. The summed E-state index contributed by atoms with van der Waals surface area (Å²) in [5, 5.41) is 12.3. The van der Waals surface area contributed by atoms with E-state index >= 15 is 0 Å². The minimum absolute atomic E-state index is 0.271. The number of aromatic carboxylic acids is 1. The third-order valence-corrected chi connectivity index (χ3v) is 4.21. The van der Waals surface area contributed by atoms with Crippen LogP contribution in [0.1, 0.15) is 49.4 Å². The van der Waals surface area contributed by atoms with E-state index in [9.17, 15) is 4.79 Å². The highest BCUT2D eigenvalue weighted by Gasteiger charge is 2.18. The molecule has 1 saturated carbocycles. The van der Waals surface area contributed by atoms with Crippen LogP contribution in [-0.2, 0) is 0 Å². The molecule has 2 atom stereocenters. The van der Waals surface area contributed by atoms with Crippen molar-refractivity contribution >= 4 is 17.3 Å². The van der Waals surface area contributed by atoms with Crippen molar-refractivity contribution in [3.05, 3.63) is 23.8 Å². The average molecular weight is 276 g/mol. The van der Waals surface area contributed by atoms with Crippen LogP contribution in [0.25, 0.3) is 0 Å². The van der Waals surface area contributed by atoms with E-state index in [-0.39, 0.29) is 5.56 Å². The maximum absolute atomic E-state index is 11.0. The number of rotatable bonds is 5. The summed E-state index contributed by atoms with van der Waals surface area (Å²) < 4.78 is 0. The molecule has 4 heteroatoms. The van der Waals surface area contributed by atoms with E-state index in [1.807, 2.05) is 0 Å². The molecule has 0 saturated heterocycles. The van der Waals surface area contributed by atoms with Crippen molar-refractivity contribution in [1.82, 2.24) is 0 Å². The molecule has 4 nitrogen and oxygen atoms in total. The number of carboxylic acids is 1. The molecule has 1 fully saturated rings. The summed E-state index contributed by atoms with van der Waals surface area (Å²) >= 11 is 0. The summed E-state index contributed by atoms with van der Waals surface area (Å²) in [5.74, 6) is 0.707. The summed E-state index contributed by atoms with van der Waals surface area (Å²) in [4.78, 5) is 11.0. The molecule has 1 aliphatic carbocycles. The van der Waals surface area contributed by atoms with Crippen LogP contribution < -0.4 is 11.1 Å². The number of hydrogen-bond donors (Lipinski definition) is 3. The highest BCUT2D eigenvalue weighted by atomic mass is 16.4. The Hall–Kier alpha value is -1.71. The number of benzene rings is 1. The molecular formula is C16H24N2O2. The van der Waals surface area contributed by atoms with Crippen molar-refractivity contribution < 1.29 is 9.90 Å². The average Bonchev–Trinajstić information content (AvgIpc) is 2.40. The third-order valence-electron chi connectivity index (χ3n) is 4.21. The molecule has 110 valence electrons. The molecule has 0 bridgehead atoms. The second kappa shape index (κ2) is 6.64. The molecule has 0 aromatic heterocycles. The van der Waals surface area contributed by atoms with Crippen molar-refractivity contribution in [2.75, 3.05) is 17.6 Å². The van der Waals surface area contributed by atoms with E-state index in [0.717, 1.165) is 30.5 Å². The molecule has 0 amide bonds. The van der Waals surface area contributed by atoms with Gasteiger partial charge in [-0.2, -0.15) is 0 Å². The molecule has 1 aromatic carbocycles. The van der Waals surface area contributed by atoms with Crippen LogP contribution in [0.4, 0.5) is 11.4 Å². The summed E-state index contributed by atoms with van der Waals surface area (Å²) in [5.41, 5.74) is 7.48. The summed E-state index contributed by atoms with van der Waals surface area (Å²) in [6.07, 6.45) is 6.45. The Labute approximate surface area is 120 Å². The lowest BCUT2D eigenvalue weighted by atomic mass is 9.81. The summed E-state index contributed by atoms with van der Waals surface area (Å²) in [6.45, 7) is 3.18. The molecule has 2 unspecified atom stereocenters. The first-order valence-electron chi connectivity index (χ1n) is 7.43. The molecule has 1 aliphatic rings. The van der Waals surface area contributed by atoms with Gasteiger partial charge in [0.2, 0.25) is 0 Å². The molecule has 4 N–H and O–H groups in total. The van der Waals surface area contributed by atoms with Crippen molar-refractivity contribution in [2.24, 2.45) is 11.8 Å². The van der Waals surface area contributed by atoms with Crippen molar-refractivity contribution in [3.8, 4) is 0 Å². The van der Waals surface area contributed by atoms with Gasteiger partial charge in [0.15, 0.2) is 0 Å². The largest absolute Gasteiger partial charge is 0.478 e. The van der Waals surface area contributed by atoms with Crippen LogP contribution in [0.15, 0.2) is 18.2 Å². The zero-order chi connectivity index (χ0) is 14.5. The van der Waals surface area contributed by atoms with Gasteiger partial charge >= 0.3 is 5.97 Å². The van der Waals surface area contributed by atoms with Gasteiger partial charge in [0.25, 0.3) is 0 Å². The van der Waals surface area contributed by atoms with Crippen molar-refractivity contribution in [1.29, 1.82) is 0 Å². The standard InChI is InChI=1S/C16H24N2O2/c1-11-3-2-4-12(9-11)7-8-18-15-10-13(16(19)20)5-6-14(15)17/h5-6,10-12,18H,2-4,7-9,17H2,1H3,(H,19,20). The number of carbonyl (C=O) groups is 1. The predicted octanol–water partition coefficient (Wildman–Crippen LogP) is 3.60. The Bertz CT molecular complexity index is 474. The lowest BCUT2D eigenvalue weighted by Crippen LogP contribution is -2.17. The van der Waals surface area contributed by atoms with E-state index in [2.05, 4.69) is 12.2 Å². The lowest BCUT2D eigenvalue weighted by molar-refractivity contribution is 0.0697. The highest BCUT2D eigenvalue weighted by molar-refractivity contribution is 5.90. The van der Waals surface area contributed by atoms with E-state index in [1.165, 1.54) is 31.7 Å². The van der Waals surface area contributed by atoms with Gasteiger partial charge in [-0.3, -0.25) is 0 Å². The van der Waals surface area contributed by atoms with Gasteiger partial charge in [0.05, 0.1) is 16.9 Å². The monoisotopic (exact) mass is 276 g/mol. The number of nitrogen functional groups attached to an aromatic ring is 1. The molecule has 0 spiro atoms. The number of carboxylic acid groups (broad SMARTS) is 1. The highest BCUT2D eigenvalue weighted by Crippen LogP contribution is 2.30. The van der Waals surface area contributed by atoms with Crippen LogP contribution in [-0.4, -0.2) is 17.6 Å². The van der Waals surface area contributed by atoms with E-state index < -0.39 is 5.97 Å². The van der Waals surface area contributed by atoms with Crippen LogP contribution in [0.5, 0.6) is 0 Å². The van der Waals surface area contributed by atoms with Gasteiger partial charge in [-0.1, -0.05) is 26.2 Å². The lowest BCUT2D eigenvalue weighted by Gasteiger charge is -2.26. The maximum Gasteiger partial charge on any atom is 0.335 e. The quantitative estimate of drug-likeness (QED) is 0.718. The van der Waals surface area contributed by atoms with Gasteiger partial charge < -0.3 is 16.2 Å². The fourth-order valence-corrected chi connectivity index (χ4v) is 3.08. The zero-order valence-electron chi connectivity index (χ0n) is 12.1. The zero-order valence-corrected chi connectivity index (χ0v) is 12.1. The smallest absolute Gasteiger partial charge is 0.335 e. The molecule has 1 aromatic rings. The van der Waals surface area contributed by atoms with Crippen LogP contribution in [0.3, 0.4) is 0 Å². The third kappa shape index (κ3) is 3.89. The SMILES string of the molecule is CC1CCCC(CCNc2cc(C(=O)O)ccc2N)C1. The first-order valence-corrected chi connectivity index (χ1v) is 7.43. The Morgan fingerprint density at radius 3 is 2.95 bits per heavy atom. The van der Waals surface area contributed by atoms with Crippen LogP contribution >= 0.6 is 0 Å². The molecule has 2 rings (SSSR count). The topological polar surface area (TPSA) is 75.3 Å². The predicted molar refractivity (Wildman–Crippen MR) is 82.0 cm³/mol. The Kier molecular flexibility index (Phi) is 4.88. The first kappa shape index (κ1) is 14.7. The summed E-state index contributed by atoms with van der Waals surface area (Å²) in [7, 11) is 0. The number of nitrogens with two attached hydrogens (primary N) is 1. The number of anilines is 2. The van der Waals surface area contributed by atoms with Gasteiger partial charge in [0, 0.05) is 6.54 Å². The molecule has 0 radical (unpaired) electrons. The Balaban J connectivity index is 1.87. The number of hydrogen-bond acceptors (Lipinski definition) is 3. The minimum Gasteiger partial charge on any atom is -0.478 e. The van der Waals surface area contributed by atoms with E-state index in [1.54, 1.807) is 12.1 Å². The second-order valence-electron chi connectivity index (χ2n) is 5.96. The molecular weight excluding hydrogens is 252 g/mol. The van der Waals surface area contributed by atoms with Crippen LogP contribution in [0.2, 0.25) is 0 Å². The minimum atomic E-state index is -0.922. The Morgan fingerprint density at radius 1 is 1.45 bits per heavy atom.